The molecule has 0 radical (unpaired) electrons. The Labute approximate surface area is 207 Å². The van der Waals surface area contributed by atoms with Gasteiger partial charge in [-0.2, -0.15) is 0 Å². The SMILES string of the molecule is C/C=C\c1c(C2C(C(=O)NCc3ccc(OCC)cc3)c3ccccc3C(=O)N2C)cn(C)c1C. The van der Waals surface area contributed by atoms with Crippen LogP contribution in [0, 0.1) is 6.92 Å². The Morgan fingerprint density at radius 1 is 1.09 bits per heavy atom. The number of hydrogen-bond acceptors (Lipinski definition) is 3. The molecule has 3 aromatic rings. The van der Waals surface area contributed by atoms with Crippen molar-refractivity contribution in [2.75, 3.05) is 13.7 Å². The molecule has 35 heavy (non-hydrogen) atoms. The smallest absolute Gasteiger partial charge is 0.254 e. The molecular formula is C29H33N3O3. The molecule has 1 N–H and O–H groups in total. The van der Waals surface area contributed by atoms with E-state index in [-0.39, 0.29) is 11.8 Å². The fourth-order valence-corrected chi connectivity index (χ4v) is 4.91. The van der Waals surface area contributed by atoms with Crippen molar-refractivity contribution >= 4 is 17.9 Å². The van der Waals surface area contributed by atoms with Gasteiger partial charge in [-0.25, -0.2) is 0 Å². The standard InChI is InChI=1S/C29H33N3O3/c1-6-10-22-19(3)31(4)18-25(22)27-26(23-11-8-9-12-24(23)29(34)32(27)5)28(33)30-17-20-13-15-21(16-14-20)35-7-2/h6,8-16,18,26-27H,7,17H2,1-5H3,(H,30,33)/b10-6-. The van der Waals surface area contributed by atoms with Gasteiger partial charge in [0.25, 0.3) is 5.91 Å². The van der Waals surface area contributed by atoms with Crippen molar-refractivity contribution in [2.24, 2.45) is 7.05 Å². The maximum Gasteiger partial charge on any atom is 0.254 e. The van der Waals surface area contributed by atoms with Crippen molar-refractivity contribution in [1.82, 2.24) is 14.8 Å². The van der Waals surface area contributed by atoms with E-state index < -0.39 is 12.0 Å². The largest absolute Gasteiger partial charge is 0.494 e. The summed E-state index contributed by atoms with van der Waals surface area (Å²) in [6.45, 7) is 6.98. The Kier molecular flexibility index (Phi) is 7.10. The molecule has 0 bridgehead atoms. The number of hydrogen-bond donors (Lipinski definition) is 1. The Balaban J connectivity index is 1.72. The molecule has 2 amide bonds. The number of rotatable bonds is 7. The zero-order valence-corrected chi connectivity index (χ0v) is 21.0. The summed E-state index contributed by atoms with van der Waals surface area (Å²) in [5.74, 6) is 0.0834. The van der Waals surface area contributed by atoms with Gasteiger partial charge in [-0.05, 0) is 50.1 Å². The molecule has 182 valence electrons. The quantitative estimate of drug-likeness (QED) is 0.528. The summed E-state index contributed by atoms with van der Waals surface area (Å²) in [5.41, 5.74) is 5.42. The minimum Gasteiger partial charge on any atom is -0.494 e. The van der Waals surface area contributed by atoms with Gasteiger partial charge in [0.15, 0.2) is 0 Å². The van der Waals surface area contributed by atoms with E-state index in [9.17, 15) is 9.59 Å². The van der Waals surface area contributed by atoms with E-state index in [1.54, 1.807) is 18.0 Å². The van der Waals surface area contributed by atoms with Gasteiger partial charge in [-0.3, -0.25) is 9.59 Å². The molecule has 4 rings (SSSR count). The van der Waals surface area contributed by atoms with Crippen LogP contribution in [0.15, 0.2) is 60.8 Å². The van der Waals surface area contributed by atoms with E-state index >= 15 is 0 Å². The minimum atomic E-state index is -0.539. The average Bonchev–Trinajstić information content (AvgIpc) is 3.14. The van der Waals surface area contributed by atoms with Crippen LogP contribution in [0.2, 0.25) is 0 Å². The summed E-state index contributed by atoms with van der Waals surface area (Å²) in [5, 5.41) is 3.13. The third kappa shape index (κ3) is 4.61. The fraction of sp³-hybridized carbons (Fsp3) is 0.310. The predicted octanol–water partition coefficient (Wildman–Crippen LogP) is 4.99. The number of aryl methyl sites for hydroxylation is 1. The maximum absolute atomic E-state index is 13.8. The van der Waals surface area contributed by atoms with E-state index in [0.29, 0.717) is 18.7 Å². The molecule has 1 aliphatic rings. The predicted molar refractivity (Wildman–Crippen MR) is 138 cm³/mol. The van der Waals surface area contributed by atoms with E-state index in [1.165, 1.54) is 0 Å². The average molecular weight is 472 g/mol. The summed E-state index contributed by atoms with van der Waals surface area (Å²) in [6.07, 6.45) is 6.09. The normalized spacial score (nSPS) is 17.5. The van der Waals surface area contributed by atoms with Crippen LogP contribution in [-0.2, 0) is 18.4 Å². The summed E-state index contributed by atoms with van der Waals surface area (Å²) < 4.78 is 7.57. The van der Waals surface area contributed by atoms with Gasteiger partial charge >= 0.3 is 0 Å². The monoisotopic (exact) mass is 471 g/mol. The lowest BCUT2D eigenvalue weighted by atomic mass is 9.79. The van der Waals surface area contributed by atoms with Crippen LogP contribution in [-0.4, -0.2) is 34.9 Å². The first-order valence-corrected chi connectivity index (χ1v) is 12.0. The molecule has 2 aromatic carbocycles. The molecule has 6 nitrogen and oxygen atoms in total. The zero-order chi connectivity index (χ0) is 25.1. The molecule has 0 saturated carbocycles. The molecule has 2 heterocycles. The molecule has 0 fully saturated rings. The number of nitrogens with zero attached hydrogens (tertiary/aromatic N) is 2. The maximum atomic E-state index is 13.8. The van der Waals surface area contributed by atoms with Crippen LogP contribution in [0.5, 0.6) is 5.75 Å². The lowest BCUT2D eigenvalue weighted by Crippen LogP contribution is -2.45. The number of amides is 2. The van der Waals surface area contributed by atoms with Crippen molar-refractivity contribution in [3.05, 3.63) is 94.3 Å². The van der Waals surface area contributed by atoms with Crippen LogP contribution in [0.3, 0.4) is 0 Å². The molecule has 2 atom stereocenters. The van der Waals surface area contributed by atoms with Gasteiger partial charge in [0.1, 0.15) is 5.75 Å². The van der Waals surface area contributed by atoms with Gasteiger partial charge in [0.2, 0.25) is 5.91 Å². The number of benzene rings is 2. The van der Waals surface area contributed by atoms with Crippen LogP contribution in [0.1, 0.15) is 64.1 Å². The second-order valence-corrected chi connectivity index (χ2v) is 8.92. The molecule has 6 heteroatoms. The number of likely N-dealkylation sites (N-methyl/N-ethyl adjacent to an activating group) is 1. The minimum absolute atomic E-state index is 0.0749. The first kappa shape index (κ1) is 24.3. The number of carbonyl (C=O) groups excluding carboxylic acids is 2. The molecule has 1 aliphatic heterocycles. The summed E-state index contributed by atoms with van der Waals surface area (Å²) in [4.78, 5) is 28.9. The Morgan fingerprint density at radius 3 is 2.49 bits per heavy atom. The van der Waals surface area contributed by atoms with Crippen molar-refractivity contribution in [1.29, 1.82) is 0 Å². The third-order valence-electron chi connectivity index (χ3n) is 6.78. The number of ether oxygens (including phenoxy) is 1. The topological polar surface area (TPSA) is 63.6 Å². The van der Waals surface area contributed by atoms with Crippen molar-refractivity contribution in [3.63, 3.8) is 0 Å². The van der Waals surface area contributed by atoms with Gasteiger partial charge < -0.3 is 19.5 Å². The second-order valence-electron chi connectivity index (χ2n) is 8.92. The highest BCUT2D eigenvalue weighted by atomic mass is 16.5. The first-order valence-electron chi connectivity index (χ1n) is 12.0. The first-order chi connectivity index (χ1) is 16.9. The van der Waals surface area contributed by atoms with Crippen LogP contribution < -0.4 is 10.1 Å². The van der Waals surface area contributed by atoms with Crippen molar-refractivity contribution in [3.8, 4) is 5.75 Å². The highest BCUT2D eigenvalue weighted by Gasteiger charge is 2.43. The van der Waals surface area contributed by atoms with Gasteiger partial charge in [-0.1, -0.05) is 42.5 Å². The highest BCUT2D eigenvalue weighted by Crippen LogP contribution is 2.44. The van der Waals surface area contributed by atoms with Crippen molar-refractivity contribution in [2.45, 2.75) is 39.3 Å². The fourth-order valence-electron chi connectivity index (χ4n) is 4.91. The lowest BCUT2D eigenvalue weighted by molar-refractivity contribution is -0.124. The molecule has 2 unspecified atom stereocenters. The van der Waals surface area contributed by atoms with Crippen molar-refractivity contribution < 1.29 is 14.3 Å². The van der Waals surface area contributed by atoms with Crippen LogP contribution in [0.25, 0.3) is 6.08 Å². The molecule has 0 saturated heterocycles. The van der Waals surface area contributed by atoms with Gasteiger partial charge in [0.05, 0.1) is 18.6 Å². The Morgan fingerprint density at radius 2 is 1.80 bits per heavy atom. The summed E-state index contributed by atoms with van der Waals surface area (Å²) in [6, 6.07) is 14.7. The molecule has 0 aliphatic carbocycles. The summed E-state index contributed by atoms with van der Waals surface area (Å²) >= 11 is 0. The Hall–Kier alpha value is -3.80. The number of carbonyl (C=O) groups is 2. The number of nitrogens with one attached hydrogen (secondary N) is 1. The molecular weight excluding hydrogens is 438 g/mol. The highest BCUT2D eigenvalue weighted by molar-refractivity contribution is 6.01. The lowest BCUT2D eigenvalue weighted by Gasteiger charge is -2.39. The summed E-state index contributed by atoms with van der Waals surface area (Å²) in [7, 11) is 3.78. The van der Waals surface area contributed by atoms with E-state index in [4.69, 9.17) is 4.74 Å². The molecule has 0 spiro atoms. The van der Waals surface area contributed by atoms with Gasteiger partial charge in [0, 0.05) is 49.2 Å². The number of allylic oxidation sites excluding steroid dienone is 1. The third-order valence-corrected chi connectivity index (χ3v) is 6.78. The second kappa shape index (κ2) is 10.2. The van der Waals surface area contributed by atoms with E-state index in [2.05, 4.69) is 22.9 Å². The van der Waals surface area contributed by atoms with E-state index in [0.717, 1.165) is 33.7 Å². The van der Waals surface area contributed by atoms with Crippen LogP contribution in [0.4, 0.5) is 0 Å². The molecule has 1 aromatic heterocycles. The van der Waals surface area contributed by atoms with Gasteiger partial charge in [-0.15, -0.1) is 0 Å². The van der Waals surface area contributed by atoms with E-state index in [1.807, 2.05) is 75.6 Å². The number of fused-ring (bicyclic) bond motifs is 1. The Bertz CT molecular complexity index is 1260. The number of aromatic nitrogens is 1. The van der Waals surface area contributed by atoms with Crippen LogP contribution >= 0.6 is 0 Å². The zero-order valence-electron chi connectivity index (χ0n) is 21.0.